The van der Waals surface area contributed by atoms with Crippen molar-refractivity contribution in [2.45, 2.75) is 39.0 Å². The van der Waals surface area contributed by atoms with Gasteiger partial charge in [0.25, 0.3) is 0 Å². The Morgan fingerprint density at radius 2 is 1.34 bits per heavy atom. The summed E-state index contributed by atoms with van der Waals surface area (Å²) in [4.78, 5) is 12.2. The molecule has 0 aromatic heterocycles. The van der Waals surface area contributed by atoms with Crippen molar-refractivity contribution in [1.82, 2.24) is 0 Å². The molecular weight excluding hydrogens is 358 g/mol. The molecule has 3 aromatic carbocycles. The summed E-state index contributed by atoms with van der Waals surface area (Å²) < 4.78 is 5.35. The van der Waals surface area contributed by atoms with Crippen molar-refractivity contribution in [3.8, 4) is 11.8 Å². The molecule has 3 rings (SSSR count). The fourth-order valence-electron chi connectivity index (χ4n) is 3.16. The molecule has 0 heterocycles. The van der Waals surface area contributed by atoms with Crippen molar-refractivity contribution in [1.29, 1.82) is 5.26 Å². The summed E-state index contributed by atoms with van der Waals surface area (Å²) in [6.07, 6.45) is 5.66. The highest BCUT2D eigenvalue weighted by Gasteiger charge is 2.08. The highest BCUT2D eigenvalue weighted by molar-refractivity contribution is 5.91. The second kappa shape index (κ2) is 10.2. The Morgan fingerprint density at radius 3 is 1.90 bits per heavy atom. The molecule has 0 saturated heterocycles. The summed E-state index contributed by atoms with van der Waals surface area (Å²) in [5, 5.41) is 8.81. The lowest BCUT2D eigenvalue weighted by Gasteiger charge is -2.06. The Balaban J connectivity index is 1.41. The minimum absolute atomic E-state index is 0.389. The van der Waals surface area contributed by atoms with Crippen LogP contribution in [-0.2, 0) is 12.8 Å². The number of nitriles is 1. The van der Waals surface area contributed by atoms with Crippen molar-refractivity contribution in [2.75, 3.05) is 0 Å². The van der Waals surface area contributed by atoms with E-state index in [-0.39, 0.29) is 5.97 Å². The van der Waals surface area contributed by atoms with Gasteiger partial charge in [-0.2, -0.15) is 5.26 Å². The fourth-order valence-corrected chi connectivity index (χ4v) is 3.16. The molecule has 0 aliphatic carbocycles. The normalized spacial score (nSPS) is 10.3. The minimum Gasteiger partial charge on any atom is -0.423 e. The molecule has 29 heavy (non-hydrogen) atoms. The molecule has 3 aromatic rings. The van der Waals surface area contributed by atoms with Crippen LogP contribution in [0.4, 0.5) is 0 Å². The molecule has 0 N–H and O–H groups in total. The number of rotatable bonds is 8. The Kier molecular flexibility index (Phi) is 7.19. The molecule has 0 fully saturated rings. The molecule has 0 amide bonds. The number of benzene rings is 3. The largest absolute Gasteiger partial charge is 0.423 e. The summed E-state index contributed by atoms with van der Waals surface area (Å²) in [5.74, 6) is 0.0472. The first-order valence-electron chi connectivity index (χ1n) is 10.0. The van der Waals surface area contributed by atoms with Gasteiger partial charge in [-0.25, -0.2) is 4.79 Å². The highest BCUT2D eigenvalue weighted by Crippen LogP contribution is 2.16. The molecule has 0 saturated carbocycles. The van der Waals surface area contributed by atoms with E-state index >= 15 is 0 Å². The van der Waals surface area contributed by atoms with Gasteiger partial charge in [0.15, 0.2) is 0 Å². The molecule has 0 spiro atoms. The van der Waals surface area contributed by atoms with Crippen LogP contribution in [0, 0.1) is 18.3 Å². The van der Waals surface area contributed by atoms with E-state index in [0.29, 0.717) is 16.9 Å². The lowest BCUT2D eigenvalue weighted by molar-refractivity contribution is 0.0734. The average molecular weight is 383 g/mol. The number of aryl methyl sites for hydroxylation is 3. The molecule has 146 valence electrons. The van der Waals surface area contributed by atoms with Crippen molar-refractivity contribution >= 4 is 5.97 Å². The zero-order valence-electron chi connectivity index (χ0n) is 16.7. The first kappa shape index (κ1) is 20.4. The van der Waals surface area contributed by atoms with Crippen molar-refractivity contribution in [2.24, 2.45) is 0 Å². The van der Waals surface area contributed by atoms with Crippen LogP contribution < -0.4 is 4.74 Å². The van der Waals surface area contributed by atoms with Crippen LogP contribution in [0.15, 0.2) is 72.8 Å². The van der Waals surface area contributed by atoms with Gasteiger partial charge in [-0.05, 0) is 80.1 Å². The molecule has 0 unspecified atom stereocenters. The third kappa shape index (κ3) is 6.33. The third-order valence-electron chi connectivity index (χ3n) is 4.94. The maximum Gasteiger partial charge on any atom is 0.343 e. The highest BCUT2D eigenvalue weighted by atomic mass is 16.5. The van der Waals surface area contributed by atoms with Gasteiger partial charge in [-0.1, -0.05) is 48.4 Å². The van der Waals surface area contributed by atoms with Gasteiger partial charge in [-0.3, -0.25) is 0 Å². The molecule has 0 aliphatic rings. The van der Waals surface area contributed by atoms with Crippen LogP contribution in [0.25, 0.3) is 0 Å². The minimum atomic E-state index is -0.389. The molecular formula is C26H25NO2. The number of hydrogen-bond acceptors (Lipinski definition) is 3. The molecule has 0 bridgehead atoms. The lowest BCUT2D eigenvalue weighted by Crippen LogP contribution is -2.08. The van der Waals surface area contributed by atoms with E-state index in [1.54, 1.807) is 24.3 Å². The second-order valence-corrected chi connectivity index (χ2v) is 7.27. The molecule has 3 heteroatoms. The average Bonchev–Trinajstić information content (AvgIpc) is 2.76. The zero-order chi connectivity index (χ0) is 20.5. The van der Waals surface area contributed by atoms with Gasteiger partial charge in [0.2, 0.25) is 0 Å². The van der Waals surface area contributed by atoms with Gasteiger partial charge >= 0.3 is 5.97 Å². The molecule has 0 radical (unpaired) electrons. The fraction of sp³-hybridized carbons (Fsp3) is 0.231. The summed E-state index contributed by atoms with van der Waals surface area (Å²) in [6.45, 7) is 2.11. The molecule has 3 nitrogen and oxygen atoms in total. The van der Waals surface area contributed by atoms with Gasteiger partial charge in [0.1, 0.15) is 5.75 Å². The van der Waals surface area contributed by atoms with Crippen LogP contribution >= 0.6 is 0 Å². The second-order valence-electron chi connectivity index (χ2n) is 7.27. The summed E-state index contributed by atoms with van der Waals surface area (Å²) in [5.41, 5.74) is 5.00. The van der Waals surface area contributed by atoms with Crippen LogP contribution in [0.2, 0.25) is 0 Å². The predicted octanol–water partition coefficient (Wildman–Crippen LogP) is 6.04. The number of carbonyl (C=O) groups excluding carboxylic acids is 1. The monoisotopic (exact) mass is 383 g/mol. The Labute approximate surface area is 172 Å². The van der Waals surface area contributed by atoms with E-state index in [0.717, 1.165) is 19.3 Å². The van der Waals surface area contributed by atoms with Crippen LogP contribution in [0.3, 0.4) is 0 Å². The van der Waals surface area contributed by atoms with E-state index in [4.69, 9.17) is 10.00 Å². The quantitative estimate of drug-likeness (QED) is 0.271. The van der Waals surface area contributed by atoms with E-state index in [1.807, 2.05) is 30.3 Å². The third-order valence-corrected chi connectivity index (χ3v) is 4.94. The SMILES string of the molecule is Cc1ccc(CCCCCc2ccc(C(=O)Oc3ccc(C#N)cc3)cc2)cc1. The standard InChI is InChI=1S/C26H25NO2/c1-20-7-9-21(10-8-20)5-3-2-4-6-22-11-15-24(16-12-22)26(28)29-25-17-13-23(19-27)14-18-25/h7-18H,2-6H2,1H3. The zero-order valence-corrected chi connectivity index (χ0v) is 16.7. The maximum absolute atomic E-state index is 12.2. The number of carbonyl (C=O) groups is 1. The van der Waals surface area contributed by atoms with Crippen molar-refractivity contribution < 1.29 is 9.53 Å². The lowest BCUT2D eigenvalue weighted by atomic mass is 10.0. The Hall–Kier alpha value is -3.38. The number of ether oxygens (including phenoxy) is 1. The summed E-state index contributed by atoms with van der Waals surface area (Å²) in [7, 11) is 0. The van der Waals surface area contributed by atoms with E-state index < -0.39 is 0 Å². The van der Waals surface area contributed by atoms with Gasteiger partial charge in [0.05, 0.1) is 17.2 Å². The van der Waals surface area contributed by atoms with Crippen LogP contribution in [0.1, 0.15) is 51.9 Å². The Morgan fingerprint density at radius 1 is 0.793 bits per heavy atom. The maximum atomic E-state index is 12.2. The first-order chi connectivity index (χ1) is 14.1. The Bertz CT molecular complexity index is 965. The number of esters is 1. The van der Waals surface area contributed by atoms with Crippen molar-refractivity contribution in [3.05, 3.63) is 101 Å². The summed E-state index contributed by atoms with van der Waals surface area (Å²) >= 11 is 0. The molecule has 0 atom stereocenters. The molecule has 0 aliphatic heterocycles. The van der Waals surface area contributed by atoms with Gasteiger partial charge in [0, 0.05) is 0 Å². The van der Waals surface area contributed by atoms with Crippen LogP contribution in [0.5, 0.6) is 5.75 Å². The van der Waals surface area contributed by atoms with E-state index in [1.165, 1.54) is 29.5 Å². The van der Waals surface area contributed by atoms with Gasteiger partial charge < -0.3 is 4.74 Å². The predicted molar refractivity (Wildman–Crippen MR) is 115 cm³/mol. The van der Waals surface area contributed by atoms with E-state index in [2.05, 4.69) is 31.2 Å². The van der Waals surface area contributed by atoms with Gasteiger partial charge in [-0.15, -0.1) is 0 Å². The van der Waals surface area contributed by atoms with Crippen LogP contribution in [-0.4, -0.2) is 5.97 Å². The number of unbranched alkanes of at least 4 members (excludes halogenated alkanes) is 2. The smallest absolute Gasteiger partial charge is 0.343 e. The van der Waals surface area contributed by atoms with Crippen molar-refractivity contribution in [3.63, 3.8) is 0 Å². The summed E-state index contributed by atoms with van der Waals surface area (Å²) in [6, 6.07) is 24.9. The first-order valence-corrected chi connectivity index (χ1v) is 10.0. The number of hydrogen-bond donors (Lipinski definition) is 0. The topological polar surface area (TPSA) is 50.1 Å². The number of nitrogens with zero attached hydrogens (tertiary/aromatic N) is 1. The van der Waals surface area contributed by atoms with E-state index in [9.17, 15) is 4.79 Å².